The summed E-state index contributed by atoms with van der Waals surface area (Å²) in [5.41, 5.74) is 2.51. The van der Waals surface area contributed by atoms with Crippen molar-refractivity contribution in [2.45, 2.75) is 39.3 Å². The maximum Gasteiger partial charge on any atom is 0.387 e. The summed E-state index contributed by atoms with van der Waals surface area (Å²) in [5, 5.41) is 2.89. The van der Waals surface area contributed by atoms with Crippen LogP contribution >= 0.6 is 0 Å². The Hall–Kier alpha value is -2.63. The lowest BCUT2D eigenvalue weighted by atomic mass is 9.99. The predicted molar refractivity (Wildman–Crippen MR) is 96.0 cm³/mol. The third-order valence-corrected chi connectivity index (χ3v) is 4.09. The van der Waals surface area contributed by atoms with Gasteiger partial charge in [0, 0.05) is 5.56 Å². The second-order valence-corrected chi connectivity index (χ2v) is 6.26. The van der Waals surface area contributed by atoms with Crippen molar-refractivity contribution in [3.05, 3.63) is 59.2 Å². The Bertz CT molecular complexity index is 745. The molecule has 2 rings (SSSR count). The van der Waals surface area contributed by atoms with E-state index in [9.17, 15) is 13.6 Å². The monoisotopic (exact) mass is 363 g/mol. The minimum atomic E-state index is -2.96. The fourth-order valence-electron chi connectivity index (χ4n) is 2.54. The van der Waals surface area contributed by atoms with Gasteiger partial charge in [-0.2, -0.15) is 8.78 Å². The molecule has 0 bridgehead atoms. The van der Waals surface area contributed by atoms with Gasteiger partial charge in [-0.1, -0.05) is 38.1 Å². The molecule has 0 fully saturated rings. The molecule has 0 heterocycles. The molecule has 2 aromatic rings. The summed E-state index contributed by atoms with van der Waals surface area (Å²) < 4.78 is 34.1. The summed E-state index contributed by atoms with van der Waals surface area (Å²) in [4.78, 5) is 12.4. The van der Waals surface area contributed by atoms with Crippen LogP contribution in [-0.2, 0) is 0 Å². The highest BCUT2D eigenvalue weighted by Crippen LogP contribution is 2.29. The molecule has 0 aliphatic rings. The first-order chi connectivity index (χ1) is 12.3. The smallest absolute Gasteiger partial charge is 0.387 e. The molecule has 140 valence electrons. The second-order valence-electron chi connectivity index (χ2n) is 6.26. The maximum absolute atomic E-state index is 12.4. The van der Waals surface area contributed by atoms with Crippen molar-refractivity contribution in [1.82, 2.24) is 5.32 Å². The lowest BCUT2D eigenvalue weighted by Crippen LogP contribution is -2.26. The van der Waals surface area contributed by atoms with Gasteiger partial charge < -0.3 is 14.8 Å². The van der Waals surface area contributed by atoms with Crippen LogP contribution < -0.4 is 14.8 Å². The van der Waals surface area contributed by atoms with E-state index in [1.165, 1.54) is 30.9 Å². The summed E-state index contributed by atoms with van der Waals surface area (Å²) in [6.07, 6.45) is 0. The van der Waals surface area contributed by atoms with E-state index < -0.39 is 6.61 Å². The quantitative estimate of drug-likeness (QED) is 0.760. The van der Waals surface area contributed by atoms with Crippen LogP contribution in [0.4, 0.5) is 8.78 Å². The van der Waals surface area contributed by atoms with Gasteiger partial charge in [-0.3, -0.25) is 4.79 Å². The highest BCUT2D eigenvalue weighted by molar-refractivity contribution is 5.95. The van der Waals surface area contributed by atoms with Crippen LogP contribution in [0, 0.1) is 0 Å². The van der Waals surface area contributed by atoms with Crippen molar-refractivity contribution in [3.8, 4) is 11.5 Å². The molecule has 0 saturated carbocycles. The maximum atomic E-state index is 12.4. The first-order valence-corrected chi connectivity index (χ1v) is 8.35. The molecule has 6 heteroatoms. The van der Waals surface area contributed by atoms with Crippen molar-refractivity contribution in [2.75, 3.05) is 7.11 Å². The van der Waals surface area contributed by atoms with Crippen LogP contribution in [0.25, 0.3) is 0 Å². The van der Waals surface area contributed by atoms with Crippen molar-refractivity contribution in [2.24, 2.45) is 0 Å². The van der Waals surface area contributed by atoms with E-state index >= 15 is 0 Å². The molecule has 4 nitrogen and oxygen atoms in total. The summed E-state index contributed by atoms with van der Waals surface area (Å²) in [6, 6.07) is 11.9. The van der Waals surface area contributed by atoms with Gasteiger partial charge in [0.25, 0.3) is 5.91 Å². The summed E-state index contributed by atoms with van der Waals surface area (Å²) in [5.74, 6) is 0.0750. The number of nitrogens with one attached hydrogen (secondary N) is 1. The minimum absolute atomic E-state index is 0.0758. The predicted octanol–water partition coefficient (Wildman–Crippen LogP) is 4.91. The van der Waals surface area contributed by atoms with E-state index in [1.54, 1.807) is 0 Å². The Morgan fingerprint density at radius 3 is 2.12 bits per heavy atom. The molecule has 0 aliphatic heterocycles. The van der Waals surface area contributed by atoms with E-state index in [1.807, 2.05) is 31.2 Å². The zero-order valence-corrected chi connectivity index (χ0v) is 15.3. The van der Waals surface area contributed by atoms with Crippen LogP contribution in [0.1, 0.15) is 54.2 Å². The number of methoxy groups -OCH3 is 1. The van der Waals surface area contributed by atoms with E-state index in [-0.39, 0.29) is 23.4 Å². The van der Waals surface area contributed by atoms with Crippen LogP contribution in [0.5, 0.6) is 11.5 Å². The van der Waals surface area contributed by atoms with Crippen LogP contribution in [0.2, 0.25) is 0 Å². The van der Waals surface area contributed by atoms with Crippen molar-refractivity contribution < 1.29 is 23.0 Å². The van der Waals surface area contributed by atoms with Crippen LogP contribution in [0.15, 0.2) is 42.5 Å². The Balaban J connectivity index is 2.11. The Morgan fingerprint density at radius 1 is 0.962 bits per heavy atom. The number of alkyl halides is 2. The largest absolute Gasteiger partial charge is 0.493 e. The standard InChI is InChI=1S/C20H23F2NO3/c1-12(2)14-5-7-15(8-6-14)13(3)23-19(24)16-9-10-17(26-20(21)22)18(11-16)25-4/h5-13,20H,1-4H3,(H,23,24). The fourth-order valence-corrected chi connectivity index (χ4v) is 2.54. The Morgan fingerprint density at radius 2 is 1.58 bits per heavy atom. The number of hydrogen-bond donors (Lipinski definition) is 1. The molecule has 26 heavy (non-hydrogen) atoms. The van der Waals surface area contributed by atoms with Gasteiger partial charge in [-0.25, -0.2) is 0 Å². The Labute approximate surface area is 152 Å². The molecular formula is C20H23F2NO3. The lowest BCUT2D eigenvalue weighted by molar-refractivity contribution is -0.0512. The topological polar surface area (TPSA) is 47.6 Å². The second kappa shape index (κ2) is 8.65. The molecule has 1 amide bonds. The molecule has 0 radical (unpaired) electrons. The highest BCUT2D eigenvalue weighted by atomic mass is 19.3. The number of halogens is 2. The molecule has 1 atom stereocenters. The van der Waals surface area contributed by atoms with E-state index in [0.29, 0.717) is 11.5 Å². The lowest BCUT2D eigenvalue weighted by Gasteiger charge is -2.16. The van der Waals surface area contributed by atoms with Crippen LogP contribution in [0.3, 0.4) is 0 Å². The number of hydrogen-bond acceptors (Lipinski definition) is 3. The van der Waals surface area contributed by atoms with Gasteiger partial charge in [0.05, 0.1) is 13.2 Å². The summed E-state index contributed by atoms with van der Waals surface area (Å²) in [6.45, 7) is 3.16. The number of carbonyl (C=O) groups is 1. The minimum Gasteiger partial charge on any atom is -0.493 e. The average Bonchev–Trinajstić information content (AvgIpc) is 2.61. The molecule has 0 aromatic heterocycles. The molecule has 1 N–H and O–H groups in total. The number of ether oxygens (including phenoxy) is 2. The van der Waals surface area contributed by atoms with Gasteiger partial charge in [0.1, 0.15) is 0 Å². The first kappa shape index (κ1) is 19.7. The zero-order chi connectivity index (χ0) is 19.3. The summed E-state index contributed by atoms with van der Waals surface area (Å²) in [7, 11) is 1.33. The SMILES string of the molecule is COc1cc(C(=O)NC(C)c2ccc(C(C)C)cc2)ccc1OC(F)F. The highest BCUT2D eigenvalue weighted by Gasteiger charge is 2.16. The number of amides is 1. The fraction of sp³-hybridized carbons (Fsp3) is 0.350. The molecule has 0 aliphatic carbocycles. The molecule has 1 unspecified atom stereocenters. The number of rotatable bonds is 7. The van der Waals surface area contributed by atoms with Gasteiger partial charge in [0.15, 0.2) is 11.5 Å². The zero-order valence-electron chi connectivity index (χ0n) is 15.3. The van der Waals surface area contributed by atoms with Crippen LogP contribution in [-0.4, -0.2) is 19.6 Å². The first-order valence-electron chi connectivity index (χ1n) is 8.35. The number of carbonyl (C=O) groups excluding carboxylic acids is 1. The molecule has 0 spiro atoms. The molecule has 0 saturated heterocycles. The molecule has 2 aromatic carbocycles. The van der Waals surface area contributed by atoms with Gasteiger partial charge in [-0.05, 0) is 42.2 Å². The third-order valence-electron chi connectivity index (χ3n) is 4.09. The van der Waals surface area contributed by atoms with E-state index in [0.717, 1.165) is 5.56 Å². The van der Waals surface area contributed by atoms with Gasteiger partial charge in [0.2, 0.25) is 0 Å². The average molecular weight is 363 g/mol. The molecular weight excluding hydrogens is 340 g/mol. The normalized spacial score (nSPS) is 12.2. The third kappa shape index (κ3) is 4.94. The Kier molecular flexibility index (Phi) is 6.55. The van der Waals surface area contributed by atoms with E-state index in [2.05, 4.69) is 23.9 Å². The van der Waals surface area contributed by atoms with Crippen molar-refractivity contribution >= 4 is 5.91 Å². The van der Waals surface area contributed by atoms with E-state index in [4.69, 9.17) is 4.74 Å². The number of benzene rings is 2. The van der Waals surface area contributed by atoms with Gasteiger partial charge in [-0.15, -0.1) is 0 Å². The van der Waals surface area contributed by atoms with Crippen molar-refractivity contribution in [1.29, 1.82) is 0 Å². The van der Waals surface area contributed by atoms with Gasteiger partial charge >= 0.3 is 6.61 Å². The summed E-state index contributed by atoms with van der Waals surface area (Å²) >= 11 is 0. The van der Waals surface area contributed by atoms with Crippen molar-refractivity contribution in [3.63, 3.8) is 0 Å².